The lowest BCUT2D eigenvalue weighted by molar-refractivity contribution is -0.147. The van der Waals surface area contributed by atoms with Crippen molar-refractivity contribution in [1.82, 2.24) is 4.31 Å². The molecule has 7 nitrogen and oxygen atoms in total. The third-order valence-corrected chi connectivity index (χ3v) is 6.46. The second kappa shape index (κ2) is 8.71. The van der Waals surface area contributed by atoms with E-state index >= 15 is 0 Å². The van der Waals surface area contributed by atoms with Crippen molar-refractivity contribution in [3.63, 3.8) is 0 Å². The van der Waals surface area contributed by atoms with Crippen molar-refractivity contribution >= 4 is 27.6 Å². The number of rotatable bonds is 6. The number of anilines is 1. The number of sulfonamides is 1. The van der Waals surface area contributed by atoms with E-state index in [9.17, 15) is 22.4 Å². The number of para-hydroxylation sites is 1. The van der Waals surface area contributed by atoms with E-state index in [1.807, 2.05) is 24.3 Å². The van der Waals surface area contributed by atoms with Gasteiger partial charge in [0, 0.05) is 19.3 Å². The van der Waals surface area contributed by atoms with E-state index in [-0.39, 0.29) is 10.8 Å². The number of amides is 1. The average molecular weight is 420 g/mol. The molecule has 0 bridgehead atoms. The highest BCUT2D eigenvalue weighted by molar-refractivity contribution is 7.89. The number of ether oxygens (including phenoxy) is 1. The highest BCUT2D eigenvalue weighted by atomic mass is 32.2. The van der Waals surface area contributed by atoms with Crippen molar-refractivity contribution in [2.75, 3.05) is 31.6 Å². The van der Waals surface area contributed by atoms with Crippen molar-refractivity contribution in [1.29, 1.82) is 0 Å². The molecule has 154 valence electrons. The Hall–Kier alpha value is -2.78. The van der Waals surface area contributed by atoms with E-state index in [1.165, 1.54) is 7.05 Å². The van der Waals surface area contributed by atoms with Crippen LogP contribution in [0, 0.1) is 5.82 Å². The molecule has 0 N–H and O–H groups in total. The van der Waals surface area contributed by atoms with Crippen molar-refractivity contribution in [3.05, 3.63) is 59.9 Å². The van der Waals surface area contributed by atoms with Crippen molar-refractivity contribution in [3.8, 4) is 0 Å². The lowest BCUT2D eigenvalue weighted by Gasteiger charge is -2.29. The first-order valence-electron chi connectivity index (χ1n) is 9.05. The minimum absolute atomic E-state index is 0.143. The Morgan fingerprint density at radius 3 is 2.55 bits per heavy atom. The van der Waals surface area contributed by atoms with Crippen LogP contribution < -0.4 is 4.90 Å². The van der Waals surface area contributed by atoms with Gasteiger partial charge < -0.3 is 9.64 Å². The number of aryl methyl sites for hydroxylation is 1. The second-order valence-electron chi connectivity index (χ2n) is 6.65. The molecule has 0 aromatic heterocycles. The van der Waals surface area contributed by atoms with Crippen molar-refractivity contribution < 1.29 is 27.1 Å². The number of benzene rings is 2. The fourth-order valence-electron chi connectivity index (χ4n) is 3.11. The number of hydrogen-bond donors (Lipinski definition) is 0. The average Bonchev–Trinajstić information content (AvgIpc) is 2.71. The van der Waals surface area contributed by atoms with Crippen LogP contribution in [0.5, 0.6) is 0 Å². The van der Waals surface area contributed by atoms with Crippen LogP contribution in [0.15, 0.2) is 53.4 Å². The summed E-state index contributed by atoms with van der Waals surface area (Å²) in [6, 6.07) is 11.8. The lowest BCUT2D eigenvalue weighted by Crippen LogP contribution is -2.39. The summed E-state index contributed by atoms with van der Waals surface area (Å²) >= 11 is 0. The quantitative estimate of drug-likeness (QED) is 0.667. The molecule has 9 heteroatoms. The zero-order valence-corrected chi connectivity index (χ0v) is 16.7. The monoisotopic (exact) mass is 420 g/mol. The van der Waals surface area contributed by atoms with Gasteiger partial charge >= 0.3 is 5.97 Å². The Kier molecular flexibility index (Phi) is 6.29. The van der Waals surface area contributed by atoms with Crippen LogP contribution in [0.2, 0.25) is 0 Å². The molecule has 1 heterocycles. The van der Waals surface area contributed by atoms with E-state index in [4.69, 9.17) is 4.74 Å². The summed E-state index contributed by atoms with van der Waals surface area (Å²) in [5, 5.41) is 0. The Balaban J connectivity index is 1.57. The van der Waals surface area contributed by atoms with Crippen LogP contribution in [0.1, 0.15) is 12.0 Å². The van der Waals surface area contributed by atoms with Crippen LogP contribution >= 0.6 is 0 Å². The van der Waals surface area contributed by atoms with Crippen LogP contribution in [0.25, 0.3) is 0 Å². The molecule has 0 aliphatic carbocycles. The number of fused-ring (bicyclic) bond motifs is 1. The number of carbonyl (C=O) groups excluding carboxylic acids is 2. The highest BCUT2D eigenvalue weighted by Gasteiger charge is 2.26. The van der Waals surface area contributed by atoms with E-state index in [2.05, 4.69) is 0 Å². The summed E-state index contributed by atoms with van der Waals surface area (Å²) in [4.78, 5) is 26.0. The van der Waals surface area contributed by atoms with Crippen LogP contribution in [-0.4, -0.2) is 51.3 Å². The number of halogens is 1. The van der Waals surface area contributed by atoms with Gasteiger partial charge in [-0.3, -0.25) is 9.59 Å². The first-order chi connectivity index (χ1) is 13.8. The fraction of sp³-hybridized carbons (Fsp3) is 0.300. The number of likely N-dealkylation sites (N-methyl/N-ethyl adjacent to an activating group) is 1. The first-order valence-corrected chi connectivity index (χ1v) is 10.5. The minimum atomic E-state index is -3.98. The molecule has 0 radical (unpaired) electrons. The predicted molar refractivity (Wildman–Crippen MR) is 104 cm³/mol. The lowest BCUT2D eigenvalue weighted by atomic mass is 10.0. The number of nitrogens with zero attached hydrogens (tertiary/aromatic N) is 2. The standard InChI is InChI=1S/C20H21FN2O5S/c1-22(29(26,27)17-10-8-16(21)9-11-17)13-20(25)28-14-19(24)23-12-4-6-15-5-2-3-7-18(15)23/h2-3,5,7-11H,4,6,12-14H2,1H3. The first kappa shape index (κ1) is 20.9. The van der Waals surface area contributed by atoms with Crippen molar-refractivity contribution in [2.45, 2.75) is 17.7 Å². The van der Waals surface area contributed by atoms with E-state index in [1.54, 1.807) is 4.90 Å². The highest BCUT2D eigenvalue weighted by Crippen LogP contribution is 2.26. The largest absolute Gasteiger partial charge is 0.455 e. The molecule has 2 aromatic carbocycles. The van der Waals surface area contributed by atoms with Gasteiger partial charge in [0.15, 0.2) is 6.61 Å². The maximum Gasteiger partial charge on any atom is 0.321 e. The van der Waals surface area contributed by atoms with Gasteiger partial charge in [-0.1, -0.05) is 18.2 Å². The van der Waals surface area contributed by atoms with Gasteiger partial charge in [0.05, 0.1) is 4.90 Å². The number of hydrogen-bond acceptors (Lipinski definition) is 5. The van der Waals surface area contributed by atoms with Gasteiger partial charge in [0.2, 0.25) is 10.0 Å². The topological polar surface area (TPSA) is 84.0 Å². The fourth-order valence-corrected chi connectivity index (χ4v) is 4.23. The van der Waals surface area contributed by atoms with E-state index in [0.717, 1.165) is 52.7 Å². The summed E-state index contributed by atoms with van der Waals surface area (Å²) in [5.41, 5.74) is 1.86. The molecule has 0 saturated carbocycles. The Morgan fingerprint density at radius 1 is 1.14 bits per heavy atom. The van der Waals surface area contributed by atoms with Gasteiger partial charge in [0.1, 0.15) is 12.4 Å². The zero-order chi connectivity index (χ0) is 21.0. The minimum Gasteiger partial charge on any atom is -0.455 e. The maximum atomic E-state index is 13.0. The van der Waals surface area contributed by atoms with Gasteiger partial charge in [-0.25, -0.2) is 12.8 Å². The summed E-state index contributed by atoms with van der Waals surface area (Å²) < 4.78 is 43.6. The Morgan fingerprint density at radius 2 is 1.83 bits per heavy atom. The van der Waals surface area contributed by atoms with Gasteiger partial charge in [-0.2, -0.15) is 4.31 Å². The molecule has 0 fully saturated rings. The Bertz CT molecular complexity index is 1010. The third kappa shape index (κ3) is 4.80. The molecule has 0 spiro atoms. The second-order valence-corrected chi connectivity index (χ2v) is 8.70. The van der Waals surface area contributed by atoms with Crippen LogP contribution in [-0.2, 0) is 30.8 Å². The number of esters is 1. The zero-order valence-electron chi connectivity index (χ0n) is 15.9. The molecule has 1 aliphatic heterocycles. The van der Waals surface area contributed by atoms with E-state index in [0.29, 0.717) is 6.54 Å². The molecule has 0 saturated heterocycles. The van der Waals surface area contributed by atoms with Crippen LogP contribution in [0.4, 0.5) is 10.1 Å². The summed E-state index contributed by atoms with van der Waals surface area (Å²) in [5.74, 6) is -1.78. The Labute approximate surface area is 168 Å². The predicted octanol–water partition coefficient (Wildman–Crippen LogP) is 1.97. The van der Waals surface area contributed by atoms with Crippen LogP contribution in [0.3, 0.4) is 0 Å². The third-order valence-electron chi connectivity index (χ3n) is 4.64. The molecule has 2 aromatic rings. The van der Waals surface area contributed by atoms with Gasteiger partial charge in [0.25, 0.3) is 5.91 Å². The number of carbonyl (C=O) groups is 2. The molecule has 3 rings (SSSR count). The van der Waals surface area contributed by atoms with Crippen molar-refractivity contribution in [2.24, 2.45) is 0 Å². The molecule has 0 atom stereocenters. The summed E-state index contributed by atoms with van der Waals surface area (Å²) in [7, 11) is -2.77. The molecule has 1 aliphatic rings. The molecule has 29 heavy (non-hydrogen) atoms. The SMILES string of the molecule is CN(CC(=O)OCC(=O)N1CCCc2ccccc21)S(=O)(=O)c1ccc(F)cc1. The summed E-state index contributed by atoms with van der Waals surface area (Å²) in [6.45, 7) is -0.507. The van der Waals surface area contributed by atoms with E-state index < -0.39 is 35.0 Å². The molecular weight excluding hydrogens is 399 g/mol. The maximum absolute atomic E-state index is 13.0. The normalized spacial score (nSPS) is 13.8. The smallest absolute Gasteiger partial charge is 0.321 e. The summed E-state index contributed by atoms with van der Waals surface area (Å²) in [6.07, 6.45) is 1.70. The van der Waals surface area contributed by atoms with Gasteiger partial charge in [-0.15, -0.1) is 0 Å². The van der Waals surface area contributed by atoms with Gasteiger partial charge in [-0.05, 0) is 48.7 Å². The molecule has 1 amide bonds. The molecular formula is C20H21FN2O5S. The molecule has 0 unspecified atom stereocenters.